The molecule has 0 aliphatic rings. The molecule has 2 aromatic carbocycles. The monoisotopic (exact) mass is 325 g/mol. The van der Waals surface area contributed by atoms with E-state index >= 15 is 0 Å². The van der Waals surface area contributed by atoms with Gasteiger partial charge in [0.25, 0.3) is 5.91 Å². The number of benzene rings is 2. The van der Waals surface area contributed by atoms with Gasteiger partial charge in [0.1, 0.15) is 11.6 Å². The summed E-state index contributed by atoms with van der Waals surface area (Å²) in [6.45, 7) is 0. The van der Waals surface area contributed by atoms with Gasteiger partial charge in [-0.15, -0.1) is 0 Å². The van der Waals surface area contributed by atoms with Crippen LogP contribution < -0.4 is 5.32 Å². The van der Waals surface area contributed by atoms with Crippen LogP contribution in [0.4, 0.5) is 10.2 Å². The summed E-state index contributed by atoms with van der Waals surface area (Å²) in [5.74, 6) is -0.306. The van der Waals surface area contributed by atoms with Crippen LogP contribution in [0.1, 0.15) is 11.7 Å². The SMILES string of the molecule is CO[C@@H](C(=O)Nc1[nH]ncc1-c1cccc(F)c1)c1ccccc1. The van der Waals surface area contributed by atoms with E-state index in [-0.39, 0.29) is 11.7 Å². The van der Waals surface area contributed by atoms with Gasteiger partial charge in [-0.3, -0.25) is 9.89 Å². The molecule has 3 rings (SSSR count). The standard InChI is InChI=1S/C18H16FN3O2/c1-24-16(12-6-3-2-4-7-12)18(23)21-17-15(11-20-22-17)13-8-5-9-14(19)10-13/h2-11,16H,1H3,(H2,20,21,22,23)/t16-/m1/s1. The van der Waals surface area contributed by atoms with Crippen LogP contribution >= 0.6 is 0 Å². The number of carbonyl (C=O) groups excluding carboxylic acids is 1. The zero-order chi connectivity index (χ0) is 16.9. The van der Waals surface area contributed by atoms with Gasteiger partial charge in [-0.1, -0.05) is 42.5 Å². The summed E-state index contributed by atoms with van der Waals surface area (Å²) in [4.78, 5) is 12.5. The van der Waals surface area contributed by atoms with Crippen molar-refractivity contribution in [3.05, 3.63) is 72.2 Å². The highest BCUT2D eigenvalue weighted by Crippen LogP contribution is 2.27. The normalized spacial score (nSPS) is 11.9. The first-order valence-electron chi connectivity index (χ1n) is 7.37. The average molecular weight is 325 g/mol. The maximum atomic E-state index is 13.4. The molecule has 0 bridgehead atoms. The number of nitrogens with zero attached hydrogens (tertiary/aromatic N) is 1. The van der Waals surface area contributed by atoms with Gasteiger partial charge in [0.15, 0.2) is 6.10 Å². The number of ether oxygens (including phenoxy) is 1. The van der Waals surface area contributed by atoms with Gasteiger partial charge in [-0.05, 0) is 23.3 Å². The molecule has 0 saturated heterocycles. The van der Waals surface area contributed by atoms with Crippen LogP contribution in [0.25, 0.3) is 11.1 Å². The smallest absolute Gasteiger partial charge is 0.259 e. The van der Waals surface area contributed by atoms with Crippen molar-refractivity contribution < 1.29 is 13.9 Å². The number of rotatable bonds is 5. The first kappa shape index (κ1) is 15.9. The fourth-order valence-corrected chi connectivity index (χ4v) is 2.47. The number of nitrogens with one attached hydrogen (secondary N) is 2. The van der Waals surface area contributed by atoms with Gasteiger partial charge in [0.2, 0.25) is 0 Å². The number of hydrogen-bond donors (Lipinski definition) is 2. The Morgan fingerprint density at radius 2 is 2.00 bits per heavy atom. The zero-order valence-electron chi connectivity index (χ0n) is 13.0. The molecule has 0 unspecified atom stereocenters. The van der Waals surface area contributed by atoms with Gasteiger partial charge < -0.3 is 10.1 Å². The maximum absolute atomic E-state index is 13.4. The minimum atomic E-state index is -0.755. The fourth-order valence-electron chi connectivity index (χ4n) is 2.47. The largest absolute Gasteiger partial charge is 0.367 e. The third-order valence-electron chi connectivity index (χ3n) is 3.60. The summed E-state index contributed by atoms with van der Waals surface area (Å²) in [7, 11) is 1.47. The molecule has 1 heterocycles. The van der Waals surface area contributed by atoms with E-state index in [4.69, 9.17) is 4.74 Å². The van der Waals surface area contributed by atoms with Crippen LogP contribution in [0.15, 0.2) is 60.8 Å². The van der Waals surface area contributed by atoms with Crippen LogP contribution in [0.2, 0.25) is 0 Å². The molecule has 2 N–H and O–H groups in total. The highest BCUT2D eigenvalue weighted by molar-refractivity contribution is 5.97. The van der Waals surface area contributed by atoms with E-state index in [2.05, 4.69) is 15.5 Å². The predicted octanol–water partition coefficient (Wildman–Crippen LogP) is 3.54. The maximum Gasteiger partial charge on any atom is 0.259 e. The number of carbonyl (C=O) groups is 1. The number of aromatic nitrogens is 2. The van der Waals surface area contributed by atoms with Gasteiger partial charge in [0.05, 0.1) is 6.20 Å². The van der Waals surface area contributed by atoms with Gasteiger partial charge in [-0.25, -0.2) is 4.39 Å². The molecule has 0 aliphatic carbocycles. The molecule has 0 spiro atoms. The lowest BCUT2D eigenvalue weighted by Gasteiger charge is -2.15. The molecule has 24 heavy (non-hydrogen) atoms. The molecule has 1 aromatic heterocycles. The fraction of sp³-hybridized carbons (Fsp3) is 0.111. The Morgan fingerprint density at radius 1 is 1.21 bits per heavy atom. The summed E-state index contributed by atoms with van der Waals surface area (Å²) in [5, 5.41) is 9.41. The number of aromatic amines is 1. The topological polar surface area (TPSA) is 67.0 Å². The van der Waals surface area contributed by atoms with E-state index in [0.29, 0.717) is 16.9 Å². The molecular formula is C18H16FN3O2. The van der Waals surface area contributed by atoms with Crippen molar-refractivity contribution in [3.8, 4) is 11.1 Å². The van der Waals surface area contributed by atoms with Crippen molar-refractivity contribution in [3.63, 3.8) is 0 Å². The predicted molar refractivity (Wildman–Crippen MR) is 88.8 cm³/mol. The number of amides is 1. The number of halogens is 1. The Bertz CT molecular complexity index is 833. The minimum Gasteiger partial charge on any atom is -0.367 e. The quantitative estimate of drug-likeness (QED) is 0.754. The lowest BCUT2D eigenvalue weighted by molar-refractivity contribution is -0.126. The van der Waals surface area contributed by atoms with Crippen molar-refractivity contribution in [2.45, 2.75) is 6.10 Å². The second-order valence-corrected chi connectivity index (χ2v) is 5.18. The van der Waals surface area contributed by atoms with Crippen molar-refractivity contribution in [1.82, 2.24) is 10.2 Å². The molecular weight excluding hydrogens is 309 g/mol. The summed E-state index contributed by atoms with van der Waals surface area (Å²) in [6, 6.07) is 15.3. The van der Waals surface area contributed by atoms with E-state index in [1.807, 2.05) is 30.3 Å². The molecule has 122 valence electrons. The lowest BCUT2D eigenvalue weighted by atomic mass is 10.1. The zero-order valence-corrected chi connectivity index (χ0v) is 13.0. The third-order valence-corrected chi connectivity index (χ3v) is 3.60. The molecule has 6 heteroatoms. The van der Waals surface area contributed by atoms with Gasteiger partial charge >= 0.3 is 0 Å². The van der Waals surface area contributed by atoms with Crippen LogP contribution in [-0.4, -0.2) is 23.2 Å². The first-order chi connectivity index (χ1) is 11.7. The van der Waals surface area contributed by atoms with Crippen LogP contribution in [-0.2, 0) is 9.53 Å². The minimum absolute atomic E-state index is 0.342. The molecule has 5 nitrogen and oxygen atoms in total. The van der Waals surface area contributed by atoms with Crippen molar-refractivity contribution in [2.24, 2.45) is 0 Å². The van der Waals surface area contributed by atoms with Crippen LogP contribution in [0.3, 0.4) is 0 Å². The highest BCUT2D eigenvalue weighted by Gasteiger charge is 2.21. The molecule has 3 aromatic rings. The molecule has 0 fully saturated rings. The summed E-state index contributed by atoms with van der Waals surface area (Å²) in [5.41, 5.74) is 1.96. The molecule has 0 radical (unpaired) electrons. The van der Waals surface area contributed by atoms with E-state index in [1.165, 1.54) is 25.4 Å². The Labute approximate surface area is 138 Å². The highest BCUT2D eigenvalue weighted by atomic mass is 19.1. The third kappa shape index (κ3) is 3.33. The summed E-state index contributed by atoms with van der Waals surface area (Å²) < 4.78 is 18.7. The van der Waals surface area contributed by atoms with E-state index < -0.39 is 6.10 Å². The number of anilines is 1. The van der Waals surface area contributed by atoms with Crippen LogP contribution in [0, 0.1) is 5.82 Å². The summed E-state index contributed by atoms with van der Waals surface area (Å²) >= 11 is 0. The number of H-pyrrole nitrogens is 1. The second kappa shape index (κ2) is 7.06. The van der Waals surface area contributed by atoms with E-state index in [0.717, 1.165) is 5.56 Å². The van der Waals surface area contributed by atoms with Gasteiger partial charge in [0, 0.05) is 12.7 Å². The van der Waals surface area contributed by atoms with E-state index in [1.54, 1.807) is 12.1 Å². The first-order valence-corrected chi connectivity index (χ1v) is 7.37. The molecule has 0 aliphatic heterocycles. The van der Waals surface area contributed by atoms with Crippen molar-refractivity contribution >= 4 is 11.7 Å². The van der Waals surface area contributed by atoms with Crippen molar-refractivity contribution in [2.75, 3.05) is 12.4 Å². The van der Waals surface area contributed by atoms with Gasteiger partial charge in [-0.2, -0.15) is 5.10 Å². The Hall–Kier alpha value is -2.99. The molecule has 0 saturated carbocycles. The Balaban J connectivity index is 1.84. The van der Waals surface area contributed by atoms with Crippen LogP contribution in [0.5, 0.6) is 0 Å². The average Bonchev–Trinajstić information content (AvgIpc) is 3.04. The Morgan fingerprint density at radius 3 is 2.71 bits per heavy atom. The number of methoxy groups -OCH3 is 1. The van der Waals surface area contributed by atoms with E-state index in [9.17, 15) is 9.18 Å². The second-order valence-electron chi connectivity index (χ2n) is 5.18. The van der Waals surface area contributed by atoms with Crippen molar-refractivity contribution in [1.29, 1.82) is 0 Å². The molecule has 1 amide bonds. The molecule has 1 atom stereocenters. The Kier molecular flexibility index (Phi) is 4.67. The summed E-state index contributed by atoms with van der Waals surface area (Å²) in [6.07, 6.45) is 0.782. The lowest BCUT2D eigenvalue weighted by Crippen LogP contribution is -2.23. The number of hydrogen-bond acceptors (Lipinski definition) is 3.